The van der Waals surface area contributed by atoms with Gasteiger partial charge in [0.05, 0.1) is 5.52 Å². The first-order valence-electron chi connectivity index (χ1n) is 9.28. The number of nitrogens with one attached hydrogen (secondary N) is 2. The van der Waals surface area contributed by atoms with E-state index < -0.39 is 8.07 Å². The molecule has 5 nitrogen and oxygen atoms in total. The molecule has 0 aliphatic heterocycles. The van der Waals surface area contributed by atoms with Crippen molar-refractivity contribution >= 4 is 38.2 Å². The van der Waals surface area contributed by atoms with Crippen molar-refractivity contribution in [2.45, 2.75) is 26.2 Å². The van der Waals surface area contributed by atoms with Crippen LogP contribution in [0.1, 0.15) is 11.1 Å². The van der Waals surface area contributed by atoms with Crippen molar-refractivity contribution in [1.29, 1.82) is 0 Å². The summed E-state index contributed by atoms with van der Waals surface area (Å²) in [6.45, 7) is 7.49. The van der Waals surface area contributed by atoms with E-state index in [9.17, 15) is 0 Å². The molecule has 142 valence electrons. The van der Waals surface area contributed by atoms with Crippen LogP contribution in [0.3, 0.4) is 0 Å². The highest BCUT2D eigenvalue weighted by Gasteiger charge is 2.08. The molecule has 7 heteroatoms. The molecule has 1 aromatic heterocycles. The summed E-state index contributed by atoms with van der Waals surface area (Å²) >= 11 is 0. The van der Waals surface area contributed by atoms with E-state index in [-0.39, 0.29) is 0 Å². The van der Waals surface area contributed by atoms with Gasteiger partial charge in [0.1, 0.15) is 8.07 Å². The normalized spacial score (nSPS) is 11.0. The highest BCUT2D eigenvalue weighted by atomic mass is 28.3. The molecule has 0 aliphatic rings. The van der Waals surface area contributed by atoms with Crippen LogP contribution in [0.4, 0.5) is 11.6 Å². The molecule has 3 aromatic rings. The van der Waals surface area contributed by atoms with Crippen molar-refractivity contribution in [2.75, 3.05) is 12.4 Å². The molecule has 0 atom stereocenters. The zero-order valence-corrected chi connectivity index (χ0v) is 17.8. The summed E-state index contributed by atoms with van der Waals surface area (Å²) in [5.74, 6) is 3.86. The zero-order chi connectivity index (χ0) is 20.0. The predicted octanol–water partition coefficient (Wildman–Crippen LogP) is 3.60. The Balaban J connectivity index is 1.71. The van der Waals surface area contributed by atoms with E-state index in [0.717, 1.165) is 28.7 Å². The standard InChI is InChI=1S/C21H25BN4OSi/c1-27-22-24-14-17-5-8-19(9-6-17)25-21-23-15-18-13-16(7-10-20(18)26-21)11-12-28(2,3)4/h5-10,13,15,22,24H,14H2,1-4H3,(H,23,25,26). The number of aromatic nitrogens is 2. The van der Waals surface area contributed by atoms with Gasteiger partial charge in [-0.05, 0) is 35.9 Å². The summed E-state index contributed by atoms with van der Waals surface area (Å²) in [7, 11) is 0.824. The Morgan fingerprint density at radius 3 is 2.61 bits per heavy atom. The number of rotatable bonds is 6. The second-order valence-corrected chi connectivity index (χ2v) is 12.4. The van der Waals surface area contributed by atoms with Crippen LogP contribution >= 0.6 is 0 Å². The van der Waals surface area contributed by atoms with Gasteiger partial charge in [0.2, 0.25) is 5.95 Å². The van der Waals surface area contributed by atoms with Gasteiger partial charge in [-0.15, -0.1) is 5.54 Å². The average molecular weight is 388 g/mol. The summed E-state index contributed by atoms with van der Waals surface area (Å²) in [5.41, 5.74) is 7.44. The first-order chi connectivity index (χ1) is 13.4. The fourth-order valence-corrected chi connectivity index (χ4v) is 3.08. The summed E-state index contributed by atoms with van der Waals surface area (Å²) in [6.07, 6.45) is 1.84. The highest BCUT2D eigenvalue weighted by molar-refractivity contribution is 6.83. The van der Waals surface area contributed by atoms with Crippen molar-refractivity contribution in [3.63, 3.8) is 0 Å². The second-order valence-electron chi connectivity index (χ2n) is 7.65. The van der Waals surface area contributed by atoms with Crippen LogP contribution in [0.2, 0.25) is 19.6 Å². The van der Waals surface area contributed by atoms with Gasteiger partial charge < -0.3 is 15.2 Å². The number of hydrogen-bond donors (Lipinski definition) is 2. The van der Waals surface area contributed by atoms with Gasteiger partial charge in [-0.3, -0.25) is 0 Å². The molecular formula is C21H25BN4OSi. The van der Waals surface area contributed by atoms with Gasteiger partial charge in [-0.2, -0.15) is 0 Å². The molecule has 0 radical (unpaired) electrons. The first-order valence-corrected chi connectivity index (χ1v) is 12.8. The van der Waals surface area contributed by atoms with E-state index in [2.05, 4.69) is 63.8 Å². The van der Waals surface area contributed by atoms with E-state index in [4.69, 9.17) is 4.65 Å². The Bertz CT molecular complexity index is 1010. The minimum Gasteiger partial charge on any atom is -0.427 e. The molecule has 0 unspecified atom stereocenters. The third-order valence-corrected chi connectivity index (χ3v) is 4.82. The van der Waals surface area contributed by atoms with Crippen LogP contribution in [0.25, 0.3) is 10.9 Å². The summed E-state index contributed by atoms with van der Waals surface area (Å²) in [6, 6.07) is 14.2. The maximum absolute atomic E-state index is 4.99. The van der Waals surface area contributed by atoms with Crippen molar-refractivity contribution in [3.8, 4) is 11.5 Å². The number of fused-ring (bicyclic) bond motifs is 1. The lowest BCUT2D eigenvalue weighted by Crippen LogP contribution is -2.19. The smallest absolute Gasteiger partial charge is 0.360 e. The number of anilines is 2. The topological polar surface area (TPSA) is 59.1 Å². The van der Waals surface area contributed by atoms with E-state index in [1.807, 2.05) is 36.5 Å². The van der Waals surface area contributed by atoms with Crippen molar-refractivity contribution in [1.82, 2.24) is 15.2 Å². The lowest BCUT2D eigenvalue weighted by Gasteiger charge is -2.08. The predicted molar refractivity (Wildman–Crippen MR) is 120 cm³/mol. The first kappa shape index (κ1) is 20.1. The van der Waals surface area contributed by atoms with Crippen LogP contribution in [-0.4, -0.2) is 32.8 Å². The molecule has 0 saturated carbocycles. The maximum Gasteiger partial charge on any atom is 0.360 e. The SMILES string of the molecule is COBNCc1ccc(Nc2ncc3cc(C#C[Si](C)(C)C)ccc3n2)cc1. The van der Waals surface area contributed by atoms with Crippen LogP contribution in [0, 0.1) is 11.5 Å². The molecule has 0 amide bonds. The fraction of sp³-hybridized carbons (Fsp3) is 0.238. The number of hydrogen-bond acceptors (Lipinski definition) is 5. The molecule has 28 heavy (non-hydrogen) atoms. The molecule has 2 N–H and O–H groups in total. The third kappa shape index (κ3) is 5.93. The van der Waals surface area contributed by atoms with Crippen molar-refractivity contribution in [2.24, 2.45) is 0 Å². The summed E-state index contributed by atoms with van der Waals surface area (Å²) in [4.78, 5) is 9.06. The Kier molecular flexibility index (Phi) is 6.47. The average Bonchev–Trinajstić information content (AvgIpc) is 2.67. The highest BCUT2D eigenvalue weighted by Crippen LogP contribution is 2.18. The van der Waals surface area contributed by atoms with Gasteiger partial charge in [0.25, 0.3) is 0 Å². The number of benzene rings is 2. The minimum absolute atomic E-state index is 0.538. The Morgan fingerprint density at radius 1 is 1.11 bits per heavy atom. The van der Waals surface area contributed by atoms with Gasteiger partial charge in [-0.25, -0.2) is 9.97 Å². The number of nitrogens with zero attached hydrogens (tertiary/aromatic N) is 2. The van der Waals surface area contributed by atoms with E-state index in [0.29, 0.717) is 13.6 Å². The largest absolute Gasteiger partial charge is 0.427 e. The van der Waals surface area contributed by atoms with Crippen LogP contribution in [0.15, 0.2) is 48.7 Å². The van der Waals surface area contributed by atoms with Gasteiger partial charge in [-0.1, -0.05) is 37.7 Å². The summed E-state index contributed by atoms with van der Waals surface area (Å²) < 4.78 is 4.99. The Morgan fingerprint density at radius 2 is 1.89 bits per heavy atom. The molecule has 0 saturated heterocycles. The molecule has 0 spiro atoms. The van der Waals surface area contributed by atoms with Crippen LogP contribution < -0.4 is 10.5 Å². The third-order valence-electron chi connectivity index (χ3n) is 3.95. The monoisotopic (exact) mass is 388 g/mol. The van der Waals surface area contributed by atoms with Crippen molar-refractivity contribution < 1.29 is 4.65 Å². The van der Waals surface area contributed by atoms with Crippen LogP contribution in [0.5, 0.6) is 0 Å². The van der Waals surface area contributed by atoms with E-state index >= 15 is 0 Å². The van der Waals surface area contributed by atoms with Crippen LogP contribution in [-0.2, 0) is 11.2 Å². The van der Waals surface area contributed by atoms with E-state index in [1.54, 1.807) is 7.11 Å². The molecule has 0 fully saturated rings. The molecular weight excluding hydrogens is 363 g/mol. The second kappa shape index (κ2) is 9.02. The minimum atomic E-state index is -1.39. The zero-order valence-electron chi connectivity index (χ0n) is 16.8. The Labute approximate surface area is 168 Å². The molecule has 1 heterocycles. The molecule has 0 aliphatic carbocycles. The quantitative estimate of drug-likeness (QED) is 0.384. The fourth-order valence-electron chi connectivity index (χ4n) is 2.56. The summed E-state index contributed by atoms with van der Waals surface area (Å²) in [5, 5.41) is 7.44. The molecule has 2 aromatic carbocycles. The lowest BCUT2D eigenvalue weighted by atomic mass is 10.1. The maximum atomic E-state index is 4.99. The van der Waals surface area contributed by atoms with Gasteiger partial charge in [0.15, 0.2) is 0 Å². The Hall–Kier alpha value is -2.66. The van der Waals surface area contributed by atoms with Gasteiger partial charge >= 0.3 is 7.62 Å². The molecule has 0 bridgehead atoms. The molecule has 3 rings (SSSR count). The van der Waals surface area contributed by atoms with E-state index in [1.165, 1.54) is 5.56 Å². The van der Waals surface area contributed by atoms with Crippen molar-refractivity contribution in [3.05, 3.63) is 59.8 Å². The van der Waals surface area contributed by atoms with Gasteiger partial charge in [0, 0.05) is 36.5 Å². The lowest BCUT2D eigenvalue weighted by molar-refractivity contribution is 0.430.